The third-order valence-electron chi connectivity index (χ3n) is 4.64. The molecule has 0 aliphatic carbocycles. The first-order valence-electron chi connectivity index (χ1n) is 8.82. The lowest BCUT2D eigenvalue weighted by Crippen LogP contribution is -2.42. The van der Waals surface area contributed by atoms with Crippen molar-refractivity contribution < 1.29 is 19.5 Å². The number of hydrogen-bond acceptors (Lipinski definition) is 3. The molecule has 2 rings (SSSR count). The second kappa shape index (κ2) is 7.38. The van der Waals surface area contributed by atoms with E-state index < -0.39 is 17.4 Å². The van der Waals surface area contributed by atoms with Crippen molar-refractivity contribution in [1.29, 1.82) is 0 Å². The van der Waals surface area contributed by atoms with Crippen LogP contribution in [0.15, 0.2) is 30.3 Å². The molecule has 0 radical (unpaired) electrons. The molecule has 5 heteroatoms. The van der Waals surface area contributed by atoms with Crippen LogP contribution in [0.1, 0.15) is 58.6 Å². The summed E-state index contributed by atoms with van der Waals surface area (Å²) in [5.41, 5.74) is -0.344. The number of nitrogens with zero attached hydrogens (tertiary/aromatic N) is 1. The van der Waals surface area contributed by atoms with Crippen molar-refractivity contribution >= 4 is 17.8 Å². The molecule has 0 saturated carbocycles. The van der Waals surface area contributed by atoms with E-state index in [1.807, 2.05) is 27.7 Å². The minimum Gasteiger partial charge on any atom is -0.479 e. The molecule has 5 nitrogen and oxygen atoms in total. The zero-order chi connectivity index (χ0) is 18.8. The number of carbonyl (C=O) groups excluding carboxylic acids is 2. The van der Waals surface area contributed by atoms with Crippen LogP contribution in [-0.2, 0) is 14.4 Å². The Morgan fingerprint density at radius 3 is 2.04 bits per heavy atom. The molecule has 0 spiro atoms. The first-order valence-corrected chi connectivity index (χ1v) is 8.82. The summed E-state index contributed by atoms with van der Waals surface area (Å²) in [5, 5.41) is 9.71. The second-order valence-electron chi connectivity index (χ2n) is 7.87. The predicted octanol–water partition coefficient (Wildman–Crippen LogP) is 3.65. The summed E-state index contributed by atoms with van der Waals surface area (Å²) < 4.78 is 0. The van der Waals surface area contributed by atoms with Crippen LogP contribution in [0.5, 0.6) is 0 Å². The molecule has 1 fully saturated rings. The minimum absolute atomic E-state index is 0.0960. The average Bonchev–Trinajstić information content (AvgIpc) is 2.71. The van der Waals surface area contributed by atoms with Crippen molar-refractivity contribution in [3.05, 3.63) is 35.9 Å². The fraction of sp³-hybridized carbons (Fsp3) is 0.550. The maximum absolute atomic E-state index is 13.3. The van der Waals surface area contributed by atoms with Gasteiger partial charge in [0, 0.05) is 6.42 Å². The highest BCUT2D eigenvalue weighted by atomic mass is 16.4. The molecule has 1 saturated heterocycles. The molecule has 1 aromatic rings. The first-order chi connectivity index (χ1) is 11.7. The normalized spacial score (nSPS) is 18.2. The van der Waals surface area contributed by atoms with Gasteiger partial charge in [-0.25, -0.2) is 4.79 Å². The third-order valence-corrected chi connectivity index (χ3v) is 4.64. The lowest BCUT2D eigenvalue weighted by molar-refractivity contribution is -0.156. The Morgan fingerprint density at radius 2 is 1.60 bits per heavy atom. The lowest BCUT2D eigenvalue weighted by atomic mass is 9.73. The van der Waals surface area contributed by atoms with Gasteiger partial charge in [0.1, 0.15) is 0 Å². The Kier molecular flexibility index (Phi) is 5.65. The molecule has 1 unspecified atom stereocenters. The van der Waals surface area contributed by atoms with E-state index >= 15 is 0 Å². The van der Waals surface area contributed by atoms with Gasteiger partial charge in [-0.05, 0) is 30.2 Å². The molecule has 25 heavy (non-hydrogen) atoms. The van der Waals surface area contributed by atoms with Gasteiger partial charge in [-0.1, -0.05) is 58.0 Å². The van der Waals surface area contributed by atoms with Crippen molar-refractivity contribution in [3.63, 3.8) is 0 Å². The maximum atomic E-state index is 13.3. The monoisotopic (exact) mass is 345 g/mol. The fourth-order valence-electron chi connectivity index (χ4n) is 4.08. The van der Waals surface area contributed by atoms with Crippen LogP contribution in [-0.4, -0.2) is 27.8 Å². The van der Waals surface area contributed by atoms with Gasteiger partial charge in [0.25, 0.3) is 0 Å². The van der Waals surface area contributed by atoms with Gasteiger partial charge < -0.3 is 5.11 Å². The van der Waals surface area contributed by atoms with E-state index in [0.29, 0.717) is 18.4 Å². The lowest BCUT2D eigenvalue weighted by Gasteiger charge is -2.31. The predicted molar refractivity (Wildman–Crippen MR) is 94.6 cm³/mol. The zero-order valence-electron chi connectivity index (χ0n) is 15.4. The highest BCUT2D eigenvalue weighted by molar-refractivity contribution is 6.08. The smallest absolute Gasteiger partial charge is 0.331 e. The summed E-state index contributed by atoms with van der Waals surface area (Å²) in [7, 11) is 0. The van der Waals surface area contributed by atoms with Crippen LogP contribution in [0.4, 0.5) is 0 Å². The van der Waals surface area contributed by atoms with E-state index in [0.717, 1.165) is 4.90 Å². The largest absolute Gasteiger partial charge is 0.479 e. The highest BCUT2D eigenvalue weighted by Gasteiger charge is 2.55. The van der Waals surface area contributed by atoms with Crippen LogP contribution in [0.3, 0.4) is 0 Å². The minimum atomic E-state index is -1.26. The van der Waals surface area contributed by atoms with Gasteiger partial charge in [0.2, 0.25) is 11.8 Å². The van der Waals surface area contributed by atoms with Gasteiger partial charge in [0.05, 0.1) is 5.41 Å². The molecule has 1 aliphatic heterocycles. The number of amides is 2. The van der Waals surface area contributed by atoms with Crippen molar-refractivity contribution in [3.8, 4) is 0 Å². The number of aliphatic carboxylic acids is 1. The number of rotatable bonds is 7. The Bertz CT molecular complexity index is 641. The van der Waals surface area contributed by atoms with E-state index in [9.17, 15) is 19.5 Å². The molecular formula is C20H27NO4. The fourth-order valence-corrected chi connectivity index (χ4v) is 4.08. The Morgan fingerprint density at radius 1 is 1.08 bits per heavy atom. The Balaban J connectivity index is 2.45. The molecule has 1 aliphatic rings. The number of hydrogen-bond donors (Lipinski definition) is 1. The SMILES string of the molecule is CC(C)CC1(CC(C)C)CC(=O)N(C(C(=O)O)c2ccccc2)C1=O. The molecule has 0 aromatic heterocycles. The molecule has 1 N–H and O–H groups in total. The first kappa shape index (κ1) is 19.2. The molecule has 1 heterocycles. The van der Waals surface area contributed by atoms with Gasteiger partial charge in [0.15, 0.2) is 6.04 Å². The highest BCUT2D eigenvalue weighted by Crippen LogP contribution is 2.46. The van der Waals surface area contributed by atoms with Crippen molar-refractivity contribution in [1.82, 2.24) is 4.90 Å². The number of carboxylic acids is 1. The number of carboxylic acid groups (broad SMARTS) is 1. The number of likely N-dealkylation sites (tertiary alicyclic amines) is 1. The summed E-state index contributed by atoms with van der Waals surface area (Å²) >= 11 is 0. The van der Waals surface area contributed by atoms with Crippen molar-refractivity contribution in [2.45, 2.75) is 53.0 Å². The van der Waals surface area contributed by atoms with Crippen LogP contribution >= 0.6 is 0 Å². The summed E-state index contributed by atoms with van der Waals surface area (Å²) in [6.45, 7) is 8.09. The molecule has 1 aromatic carbocycles. The van der Waals surface area contributed by atoms with Crippen molar-refractivity contribution in [2.75, 3.05) is 0 Å². The average molecular weight is 345 g/mol. The van der Waals surface area contributed by atoms with Crippen LogP contribution in [0.25, 0.3) is 0 Å². The van der Waals surface area contributed by atoms with E-state index in [2.05, 4.69) is 0 Å². The van der Waals surface area contributed by atoms with Gasteiger partial charge >= 0.3 is 5.97 Å². The zero-order valence-corrected chi connectivity index (χ0v) is 15.4. The van der Waals surface area contributed by atoms with Crippen LogP contribution < -0.4 is 0 Å². The van der Waals surface area contributed by atoms with E-state index in [-0.39, 0.29) is 30.1 Å². The van der Waals surface area contributed by atoms with Crippen LogP contribution in [0.2, 0.25) is 0 Å². The molecule has 2 amide bonds. The summed E-state index contributed by atoms with van der Waals surface area (Å²) in [6, 6.07) is 7.23. The maximum Gasteiger partial charge on any atom is 0.331 e. The Hall–Kier alpha value is -2.17. The van der Waals surface area contributed by atoms with E-state index in [4.69, 9.17) is 0 Å². The Labute approximate surface area is 149 Å². The van der Waals surface area contributed by atoms with Crippen molar-refractivity contribution in [2.24, 2.45) is 17.3 Å². The number of benzene rings is 1. The number of imide groups is 1. The van der Waals surface area contributed by atoms with Gasteiger partial charge in [-0.2, -0.15) is 0 Å². The summed E-state index contributed by atoms with van der Waals surface area (Å²) in [5.74, 6) is -1.41. The summed E-state index contributed by atoms with van der Waals surface area (Å²) in [6.07, 6.45) is 1.28. The van der Waals surface area contributed by atoms with E-state index in [1.165, 1.54) is 0 Å². The summed E-state index contributed by atoms with van der Waals surface area (Å²) in [4.78, 5) is 38.9. The van der Waals surface area contributed by atoms with Crippen LogP contribution in [0, 0.1) is 17.3 Å². The third kappa shape index (κ3) is 3.91. The topological polar surface area (TPSA) is 74.7 Å². The van der Waals surface area contributed by atoms with E-state index in [1.54, 1.807) is 30.3 Å². The standard InChI is InChI=1S/C20H27NO4/c1-13(2)10-20(11-14(3)4)12-16(22)21(19(20)25)17(18(23)24)15-8-6-5-7-9-15/h5-9,13-14,17H,10-12H2,1-4H3,(H,23,24). The molecule has 1 atom stereocenters. The number of carbonyl (C=O) groups is 3. The second-order valence-corrected chi connectivity index (χ2v) is 7.87. The van der Waals surface area contributed by atoms with Gasteiger partial charge in [-0.15, -0.1) is 0 Å². The quantitative estimate of drug-likeness (QED) is 0.766. The van der Waals surface area contributed by atoms with Gasteiger partial charge in [-0.3, -0.25) is 14.5 Å². The molecule has 136 valence electrons. The molecule has 0 bridgehead atoms. The molecular weight excluding hydrogens is 318 g/mol.